The average molecular weight is 413 g/mol. The quantitative estimate of drug-likeness (QED) is 0.356. The lowest BCUT2D eigenvalue weighted by molar-refractivity contribution is -0.385. The highest BCUT2D eigenvalue weighted by molar-refractivity contribution is 7.89. The third-order valence-corrected chi connectivity index (χ3v) is 6.91. The summed E-state index contributed by atoms with van der Waals surface area (Å²) in [6.07, 6.45) is 4.58. The third-order valence-electron chi connectivity index (χ3n) is 4.97. The van der Waals surface area contributed by atoms with Crippen LogP contribution in [-0.2, 0) is 19.5 Å². The van der Waals surface area contributed by atoms with Crippen molar-refractivity contribution in [1.29, 1.82) is 0 Å². The molecule has 0 aliphatic carbocycles. The van der Waals surface area contributed by atoms with Gasteiger partial charge < -0.3 is 14.8 Å². The van der Waals surface area contributed by atoms with Crippen LogP contribution in [0.1, 0.15) is 32.1 Å². The van der Waals surface area contributed by atoms with Crippen LogP contribution in [0.2, 0.25) is 0 Å². The summed E-state index contributed by atoms with van der Waals surface area (Å²) in [6.45, 7) is 3.30. The van der Waals surface area contributed by atoms with Gasteiger partial charge in [0.15, 0.2) is 0 Å². The molecule has 0 bridgehead atoms. The summed E-state index contributed by atoms with van der Waals surface area (Å²) in [4.78, 5) is 10.5. The second-order valence-corrected chi connectivity index (χ2v) is 8.95. The molecule has 1 N–H and O–H groups in total. The standard InChI is InChI=1S/C18H27N3O6S/c22-21(23)15-6-7-17(18(13-15)28(24,25)20-9-1-2-10-20)19-8-4-11-26-14-16-5-3-12-27-16/h6-7,13,16,19H,1-5,8-12,14H2. The predicted octanol–water partition coefficient (Wildman–Crippen LogP) is 2.38. The molecule has 1 atom stereocenters. The van der Waals surface area contributed by atoms with Crippen molar-refractivity contribution in [3.05, 3.63) is 28.3 Å². The van der Waals surface area contributed by atoms with Gasteiger partial charge in [0.2, 0.25) is 10.0 Å². The van der Waals surface area contributed by atoms with Crippen molar-refractivity contribution in [2.45, 2.75) is 43.1 Å². The van der Waals surface area contributed by atoms with E-state index in [4.69, 9.17) is 9.47 Å². The minimum atomic E-state index is -3.77. The first-order valence-corrected chi connectivity index (χ1v) is 11.1. The first kappa shape index (κ1) is 21.0. The molecule has 0 amide bonds. The molecule has 0 aromatic heterocycles. The van der Waals surface area contributed by atoms with Crippen LogP contribution >= 0.6 is 0 Å². The zero-order chi connectivity index (χ0) is 20.0. The van der Waals surface area contributed by atoms with Crippen LogP contribution in [0.5, 0.6) is 0 Å². The van der Waals surface area contributed by atoms with Crippen molar-refractivity contribution in [3.8, 4) is 0 Å². The van der Waals surface area contributed by atoms with Gasteiger partial charge in [-0.3, -0.25) is 10.1 Å². The van der Waals surface area contributed by atoms with Crippen LogP contribution in [0.3, 0.4) is 0 Å². The Hall–Kier alpha value is -1.75. The van der Waals surface area contributed by atoms with E-state index >= 15 is 0 Å². The molecule has 2 heterocycles. The second kappa shape index (κ2) is 9.64. The number of sulfonamides is 1. The van der Waals surface area contributed by atoms with E-state index in [9.17, 15) is 18.5 Å². The van der Waals surface area contributed by atoms with Gasteiger partial charge >= 0.3 is 0 Å². The van der Waals surface area contributed by atoms with Gasteiger partial charge in [-0.1, -0.05) is 0 Å². The number of nitro benzene ring substituents is 1. The number of nitrogens with one attached hydrogen (secondary N) is 1. The number of anilines is 1. The maximum atomic E-state index is 12.9. The van der Waals surface area contributed by atoms with Crippen molar-refractivity contribution in [1.82, 2.24) is 4.31 Å². The highest BCUT2D eigenvalue weighted by Gasteiger charge is 2.30. The number of hydrogen-bond donors (Lipinski definition) is 1. The lowest BCUT2D eigenvalue weighted by Crippen LogP contribution is -2.28. The van der Waals surface area contributed by atoms with Crippen molar-refractivity contribution in [2.24, 2.45) is 0 Å². The van der Waals surface area contributed by atoms with Gasteiger partial charge in [0.1, 0.15) is 4.90 Å². The van der Waals surface area contributed by atoms with Crippen LogP contribution < -0.4 is 5.32 Å². The fraction of sp³-hybridized carbons (Fsp3) is 0.667. The summed E-state index contributed by atoms with van der Waals surface area (Å²) >= 11 is 0. The SMILES string of the molecule is O=[N+]([O-])c1ccc(NCCCOCC2CCCO2)c(S(=O)(=O)N2CCCC2)c1. The topological polar surface area (TPSA) is 111 Å². The minimum absolute atomic E-state index is 0.0381. The third kappa shape index (κ3) is 5.19. The fourth-order valence-corrected chi connectivity index (χ4v) is 5.14. The smallest absolute Gasteiger partial charge is 0.270 e. The molecular weight excluding hydrogens is 386 g/mol. The molecule has 156 valence electrons. The monoisotopic (exact) mass is 413 g/mol. The number of rotatable bonds is 10. The van der Waals surface area contributed by atoms with Gasteiger partial charge in [0, 0.05) is 45.0 Å². The zero-order valence-corrected chi connectivity index (χ0v) is 16.7. The summed E-state index contributed by atoms with van der Waals surface area (Å²) in [5.41, 5.74) is 0.153. The lowest BCUT2D eigenvalue weighted by atomic mass is 10.2. The Balaban J connectivity index is 1.60. The molecular formula is C18H27N3O6S. The fourth-order valence-electron chi connectivity index (χ4n) is 3.44. The average Bonchev–Trinajstić information content (AvgIpc) is 3.38. The summed E-state index contributed by atoms with van der Waals surface area (Å²) < 4.78 is 38.4. The van der Waals surface area contributed by atoms with Gasteiger partial charge in [-0.15, -0.1) is 0 Å². The lowest BCUT2D eigenvalue weighted by Gasteiger charge is -2.19. The van der Waals surface area contributed by atoms with E-state index in [1.165, 1.54) is 16.4 Å². The molecule has 2 fully saturated rings. The van der Waals surface area contributed by atoms with Crippen LogP contribution in [0.25, 0.3) is 0 Å². The van der Waals surface area contributed by atoms with Crippen molar-refractivity contribution in [3.63, 3.8) is 0 Å². The first-order chi connectivity index (χ1) is 13.5. The minimum Gasteiger partial charge on any atom is -0.384 e. The summed E-state index contributed by atoms with van der Waals surface area (Å²) in [7, 11) is -3.77. The van der Waals surface area contributed by atoms with E-state index in [-0.39, 0.29) is 16.7 Å². The number of ether oxygens (including phenoxy) is 2. The Morgan fingerprint density at radius 2 is 2.07 bits per heavy atom. The van der Waals surface area contributed by atoms with Crippen molar-refractivity contribution in [2.75, 3.05) is 44.8 Å². The normalized spacial score (nSPS) is 20.5. The maximum absolute atomic E-state index is 12.9. The maximum Gasteiger partial charge on any atom is 0.270 e. The summed E-state index contributed by atoms with van der Waals surface area (Å²) in [5.74, 6) is 0. The number of non-ortho nitro benzene ring substituents is 1. The second-order valence-electron chi connectivity index (χ2n) is 7.04. The summed E-state index contributed by atoms with van der Waals surface area (Å²) in [5, 5.41) is 14.2. The Kier molecular flexibility index (Phi) is 7.22. The summed E-state index contributed by atoms with van der Waals surface area (Å²) in [6, 6.07) is 3.93. The largest absolute Gasteiger partial charge is 0.384 e. The van der Waals surface area contributed by atoms with E-state index in [0.29, 0.717) is 45.0 Å². The van der Waals surface area contributed by atoms with E-state index in [1.54, 1.807) is 0 Å². The number of nitro groups is 1. The molecule has 2 saturated heterocycles. The van der Waals surface area contributed by atoms with E-state index in [1.807, 2.05) is 0 Å². The number of benzene rings is 1. The van der Waals surface area contributed by atoms with Crippen LogP contribution in [-0.4, -0.2) is 63.2 Å². The molecule has 28 heavy (non-hydrogen) atoms. The molecule has 3 rings (SSSR count). The Morgan fingerprint density at radius 3 is 2.75 bits per heavy atom. The Bertz CT molecular complexity index is 774. The predicted molar refractivity (Wildman–Crippen MR) is 104 cm³/mol. The number of hydrogen-bond acceptors (Lipinski definition) is 7. The molecule has 10 heteroatoms. The van der Waals surface area contributed by atoms with Crippen molar-refractivity contribution < 1.29 is 22.8 Å². The molecule has 1 aromatic carbocycles. The highest BCUT2D eigenvalue weighted by atomic mass is 32.2. The van der Waals surface area contributed by atoms with E-state index < -0.39 is 14.9 Å². The Labute approximate surface area is 165 Å². The molecule has 1 aromatic rings. The molecule has 2 aliphatic rings. The zero-order valence-electron chi connectivity index (χ0n) is 15.8. The van der Waals surface area contributed by atoms with Gasteiger partial charge in [-0.25, -0.2) is 8.42 Å². The van der Waals surface area contributed by atoms with Crippen LogP contribution in [0.15, 0.2) is 23.1 Å². The molecule has 2 aliphatic heterocycles. The molecule has 0 radical (unpaired) electrons. The molecule has 1 unspecified atom stereocenters. The number of nitrogens with zero attached hydrogens (tertiary/aromatic N) is 2. The van der Waals surface area contributed by atoms with Gasteiger partial charge in [0.25, 0.3) is 5.69 Å². The van der Waals surface area contributed by atoms with Crippen molar-refractivity contribution >= 4 is 21.4 Å². The first-order valence-electron chi connectivity index (χ1n) is 9.70. The van der Waals surface area contributed by atoms with E-state index in [0.717, 1.165) is 38.4 Å². The van der Waals surface area contributed by atoms with Gasteiger partial charge in [-0.2, -0.15) is 4.31 Å². The van der Waals surface area contributed by atoms with Gasteiger partial charge in [0.05, 0.1) is 23.3 Å². The molecule has 9 nitrogen and oxygen atoms in total. The highest BCUT2D eigenvalue weighted by Crippen LogP contribution is 2.30. The van der Waals surface area contributed by atoms with Crippen LogP contribution in [0, 0.1) is 10.1 Å². The molecule has 0 spiro atoms. The van der Waals surface area contributed by atoms with E-state index in [2.05, 4.69) is 5.32 Å². The Morgan fingerprint density at radius 1 is 1.29 bits per heavy atom. The molecule has 0 saturated carbocycles. The van der Waals surface area contributed by atoms with Crippen LogP contribution in [0.4, 0.5) is 11.4 Å². The van der Waals surface area contributed by atoms with Gasteiger partial charge in [-0.05, 0) is 38.2 Å².